The molecule has 6 heteroatoms. The van der Waals surface area contributed by atoms with Crippen molar-refractivity contribution in [3.63, 3.8) is 0 Å². The fourth-order valence-electron chi connectivity index (χ4n) is 1.67. The third kappa shape index (κ3) is 2.45. The van der Waals surface area contributed by atoms with E-state index in [-0.39, 0.29) is 0 Å². The van der Waals surface area contributed by atoms with Crippen molar-refractivity contribution in [2.75, 3.05) is 0 Å². The van der Waals surface area contributed by atoms with Crippen LogP contribution in [-0.4, -0.2) is 10.1 Å². The highest BCUT2D eigenvalue weighted by Crippen LogP contribution is 2.25. The van der Waals surface area contributed by atoms with E-state index in [4.69, 9.17) is 14.7 Å². The zero-order chi connectivity index (χ0) is 13.2. The van der Waals surface area contributed by atoms with Crippen molar-refractivity contribution >= 4 is 15.9 Å². The summed E-state index contributed by atoms with van der Waals surface area (Å²) in [5.41, 5.74) is 6.36. The summed E-state index contributed by atoms with van der Waals surface area (Å²) in [6.45, 7) is 0.340. The first kappa shape index (κ1) is 12.1. The van der Waals surface area contributed by atoms with Gasteiger partial charge in [0, 0.05) is 10.0 Å². The van der Waals surface area contributed by atoms with Gasteiger partial charge in [-0.25, -0.2) is 0 Å². The Hall–Kier alpha value is -1.92. The van der Waals surface area contributed by atoms with Crippen LogP contribution in [0.15, 0.2) is 49.8 Å². The molecule has 0 atom stereocenters. The number of nitrogens with zero attached hydrogens (tertiary/aromatic N) is 2. The van der Waals surface area contributed by atoms with Gasteiger partial charge >= 0.3 is 0 Å². The number of halogens is 1. The molecule has 5 nitrogen and oxygen atoms in total. The van der Waals surface area contributed by atoms with Crippen LogP contribution in [0.4, 0.5) is 0 Å². The molecule has 96 valence electrons. The highest BCUT2D eigenvalue weighted by atomic mass is 79.9. The predicted octanol–water partition coefficient (Wildman–Crippen LogP) is 3.22. The van der Waals surface area contributed by atoms with Crippen LogP contribution >= 0.6 is 15.9 Å². The maximum absolute atomic E-state index is 5.49. The summed E-state index contributed by atoms with van der Waals surface area (Å²) in [5.74, 6) is 2.06. The van der Waals surface area contributed by atoms with Crippen LogP contribution in [0.1, 0.15) is 5.76 Å². The van der Waals surface area contributed by atoms with Crippen molar-refractivity contribution in [1.82, 2.24) is 10.1 Å². The Labute approximate surface area is 117 Å². The molecule has 2 N–H and O–H groups in total. The zero-order valence-electron chi connectivity index (χ0n) is 9.84. The van der Waals surface area contributed by atoms with Crippen molar-refractivity contribution in [1.29, 1.82) is 0 Å². The first-order chi connectivity index (χ1) is 9.26. The van der Waals surface area contributed by atoms with Crippen molar-refractivity contribution < 1.29 is 8.94 Å². The smallest absolute Gasteiger partial charge is 0.293 e. The van der Waals surface area contributed by atoms with E-state index in [0.717, 1.165) is 10.0 Å². The third-order valence-corrected chi connectivity index (χ3v) is 3.08. The fraction of sp³-hybridized carbons (Fsp3) is 0.0769. The quantitative estimate of drug-likeness (QED) is 0.801. The van der Waals surface area contributed by atoms with Gasteiger partial charge in [-0.15, -0.1) is 0 Å². The lowest BCUT2D eigenvalue weighted by atomic mass is 10.2. The molecular weight excluding hydrogens is 310 g/mol. The van der Waals surface area contributed by atoms with E-state index in [1.54, 1.807) is 12.1 Å². The molecule has 3 aromatic rings. The van der Waals surface area contributed by atoms with Gasteiger partial charge in [0.15, 0.2) is 5.76 Å². The fourth-order valence-corrected chi connectivity index (χ4v) is 2.07. The molecule has 3 rings (SSSR count). The molecule has 0 aliphatic rings. The van der Waals surface area contributed by atoms with Crippen LogP contribution in [0.25, 0.3) is 23.0 Å². The van der Waals surface area contributed by atoms with Gasteiger partial charge in [0.25, 0.3) is 5.89 Å². The van der Waals surface area contributed by atoms with Crippen LogP contribution in [0.2, 0.25) is 0 Å². The van der Waals surface area contributed by atoms with Crippen LogP contribution in [0, 0.1) is 0 Å². The van der Waals surface area contributed by atoms with Gasteiger partial charge in [0.2, 0.25) is 5.82 Å². The topological polar surface area (TPSA) is 78.1 Å². The minimum atomic E-state index is 0.340. The Bertz CT molecular complexity index is 705. The lowest BCUT2D eigenvalue weighted by Gasteiger charge is -1.93. The molecule has 0 aliphatic carbocycles. The Balaban J connectivity index is 1.95. The van der Waals surface area contributed by atoms with Gasteiger partial charge in [-0.05, 0) is 24.3 Å². The Morgan fingerprint density at radius 2 is 2.11 bits per heavy atom. The third-order valence-electron chi connectivity index (χ3n) is 2.58. The molecule has 0 bridgehead atoms. The Morgan fingerprint density at radius 1 is 1.21 bits per heavy atom. The largest absolute Gasteiger partial charge is 0.455 e. The number of rotatable bonds is 3. The second kappa shape index (κ2) is 4.99. The van der Waals surface area contributed by atoms with Crippen LogP contribution in [0.5, 0.6) is 0 Å². The second-order valence-electron chi connectivity index (χ2n) is 3.90. The number of nitrogens with two attached hydrogens (primary N) is 1. The summed E-state index contributed by atoms with van der Waals surface area (Å²) in [4.78, 5) is 4.31. The summed E-state index contributed by atoms with van der Waals surface area (Å²) < 4.78 is 11.6. The monoisotopic (exact) mass is 319 g/mol. The molecule has 0 aliphatic heterocycles. The molecule has 0 radical (unpaired) electrons. The molecule has 0 amide bonds. The SMILES string of the molecule is NCc1ccc(-c2nc(-c3cccc(Br)c3)no2)o1. The van der Waals surface area contributed by atoms with E-state index in [0.29, 0.717) is 29.8 Å². The molecule has 0 saturated heterocycles. The lowest BCUT2D eigenvalue weighted by Crippen LogP contribution is -1.92. The number of hydrogen-bond acceptors (Lipinski definition) is 5. The first-order valence-corrected chi connectivity index (χ1v) is 6.44. The van der Waals surface area contributed by atoms with Gasteiger partial charge < -0.3 is 14.7 Å². The maximum Gasteiger partial charge on any atom is 0.293 e. The Kier molecular flexibility index (Phi) is 3.18. The molecule has 1 aromatic carbocycles. The summed E-state index contributed by atoms with van der Waals surface area (Å²) >= 11 is 3.41. The van der Waals surface area contributed by atoms with Crippen LogP contribution in [-0.2, 0) is 6.54 Å². The van der Waals surface area contributed by atoms with E-state index in [2.05, 4.69) is 26.1 Å². The highest BCUT2D eigenvalue weighted by molar-refractivity contribution is 9.10. The van der Waals surface area contributed by atoms with Gasteiger partial charge in [-0.2, -0.15) is 4.98 Å². The van der Waals surface area contributed by atoms with Crippen molar-refractivity contribution in [3.8, 4) is 23.0 Å². The minimum absolute atomic E-state index is 0.340. The number of furan rings is 1. The molecule has 0 fully saturated rings. The van der Waals surface area contributed by atoms with E-state index in [9.17, 15) is 0 Å². The first-order valence-electron chi connectivity index (χ1n) is 5.65. The molecule has 19 heavy (non-hydrogen) atoms. The average molecular weight is 320 g/mol. The normalized spacial score (nSPS) is 10.8. The predicted molar refractivity (Wildman–Crippen MR) is 73.0 cm³/mol. The molecule has 0 saturated carbocycles. The summed E-state index contributed by atoms with van der Waals surface area (Å²) in [6, 6.07) is 11.2. The summed E-state index contributed by atoms with van der Waals surface area (Å²) in [6.07, 6.45) is 0. The maximum atomic E-state index is 5.49. The average Bonchev–Trinajstić information content (AvgIpc) is 3.07. The molecular formula is C13H10BrN3O2. The molecule has 2 aromatic heterocycles. The number of aromatic nitrogens is 2. The van der Waals surface area contributed by atoms with Crippen molar-refractivity contribution in [2.45, 2.75) is 6.54 Å². The molecule has 0 unspecified atom stereocenters. The van der Waals surface area contributed by atoms with Gasteiger partial charge in [0.05, 0.1) is 6.54 Å². The van der Waals surface area contributed by atoms with Crippen LogP contribution < -0.4 is 5.73 Å². The summed E-state index contributed by atoms with van der Waals surface area (Å²) in [5, 5.41) is 3.94. The van der Waals surface area contributed by atoms with E-state index in [1.165, 1.54) is 0 Å². The Morgan fingerprint density at radius 3 is 2.84 bits per heavy atom. The lowest BCUT2D eigenvalue weighted by molar-refractivity contribution is 0.412. The number of hydrogen-bond donors (Lipinski definition) is 1. The minimum Gasteiger partial charge on any atom is -0.455 e. The van der Waals surface area contributed by atoms with Gasteiger partial charge in [0.1, 0.15) is 5.76 Å². The van der Waals surface area contributed by atoms with Crippen molar-refractivity contribution in [3.05, 3.63) is 46.6 Å². The zero-order valence-corrected chi connectivity index (χ0v) is 11.4. The molecule has 0 spiro atoms. The second-order valence-corrected chi connectivity index (χ2v) is 4.82. The van der Waals surface area contributed by atoms with Crippen molar-refractivity contribution in [2.24, 2.45) is 5.73 Å². The van der Waals surface area contributed by atoms with E-state index >= 15 is 0 Å². The number of benzene rings is 1. The van der Waals surface area contributed by atoms with E-state index < -0.39 is 0 Å². The molecule has 2 heterocycles. The van der Waals surface area contributed by atoms with E-state index in [1.807, 2.05) is 24.3 Å². The highest BCUT2D eigenvalue weighted by Gasteiger charge is 2.13. The van der Waals surface area contributed by atoms with Gasteiger partial charge in [-0.1, -0.05) is 33.2 Å². The van der Waals surface area contributed by atoms with Gasteiger partial charge in [-0.3, -0.25) is 0 Å². The standard InChI is InChI=1S/C13H10BrN3O2/c14-9-3-1-2-8(6-9)12-16-13(19-17-12)11-5-4-10(7-15)18-11/h1-6H,7,15H2. The van der Waals surface area contributed by atoms with Crippen LogP contribution in [0.3, 0.4) is 0 Å². The summed E-state index contributed by atoms with van der Waals surface area (Å²) in [7, 11) is 0.